The summed E-state index contributed by atoms with van der Waals surface area (Å²) >= 11 is 0. The first kappa shape index (κ1) is 13.0. The van der Waals surface area contributed by atoms with E-state index < -0.39 is 0 Å². The third-order valence-electron chi connectivity index (χ3n) is 4.80. The minimum absolute atomic E-state index is 0.421. The molecule has 0 radical (unpaired) electrons. The van der Waals surface area contributed by atoms with E-state index in [-0.39, 0.29) is 0 Å². The zero-order valence-electron chi connectivity index (χ0n) is 12.0. The largest absolute Gasteiger partial charge is 0.365 e. The zero-order chi connectivity index (χ0) is 13.2. The molecule has 2 fully saturated rings. The molecule has 0 amide bonds. The minimum atomic E-state index is 0.421. The highest BCUT2D eigenvalue weighted by atomic mass is 15.2. The van der Waals surface area contributed by atoms with E-state index >= 15 is 0 Å². The Bertz CT molecular complexity index is 415. The average molecular weight is 258 g/mol. The summed E-state index contributed by atoms with van der Waals surface area (Å²) in [6, 6.07) is 10.8. The van der Waals surface area contributed by atoms with Gasteiger partial charge in [0.15, 0.2) is 0 Å². The molecule has 104 valence electrons. The molecule has 0 saturated carbocycles. The Kier molecular flexibility index (Phi) is 3.79. The summed E-state index contributed by atoms with van der Waals surface area (Å²) in [7, 11) is 0. The van der Waals surface area contributed by atoms with E-state index in [4.69, 9.17) is 5.73 Å². The highest BCUT2D eigenvalue weighted by molar-refractivity contribution is 5.56. The number of nitrogens with zero attached hydrogens (tertiary/aromatic N) is 1. The first-order valence-corrected chi connectivity index (χ1v) is 7.91. The molecule has 0 aromatic heterocycles. The zero-order valence-corrected chi connectivity index (χ0v) is 12.0. The van der Waals surface area contributed by atoms with Gasteiger partial charge in [-0.1, -0.05) is 31.5 Å². The van der Waals surface area contributed by atoms with Gasteiger partial charge >= 0.3 is 0 Å². The molecule has 2 aliphatic heterocycles. The fraction of sp³-hybridized carbons (Fsp3) is 0.647. The summed E-state index contributed by atoms with van der Waals surface area (Å²) in [5.41, 5.74) is 9.25. The fourth-order valence-electron chi connectivity index (χ4n) is 4.06. The van der Waals surface area contributed by atoms with Gasteiger partial charge in [0.25, 0.3) is 0 Å². The summed E-state index contributed by atoms with van der Waals surface area (Å²) in [5.74, 6) is 0. The van der Waals surface area contributed by atoms with Crippen LogP contribution in [0.1, 0.15) is 51.0 Å². The number of fused-ring (bicyclic) bond motifs is 2. The molecular weight excluding hydrogens is 232 g/mol. The fourth-order valence-corrected chi connectivity index (χ4v) is 4.06. The minimum Gasteiger partial charge on any atom is -0.365 e. The van der Waals surface area contributed by atoms with Crippen LogP contribution in [0.25, 0.3) is 0 Å². The van der Waals surface area contributed by atoms with E-state index in [0.717, 1.165) is 0 Å². The van der Waals surface area contributed by atoms with Crippen molar-refractivity contribution in [2.75, 3.05) is 4.90 Å². The molecule has 2 N–H and O–H groups in total. The lowest BCUT2D eigenvalue weighted by molar-refractivity contribution is 0.271. The molecule has 3 rings (SSSR count). The van der Waals surface area contributed by atoms with Gasteiger partial charge < -0.3 is 10.6 Å². The summed E-state index contributed by atoms with van der Waals surface area (Å²) in [6.07, 6.45) is 8.80. The standard InChI is InChI=1S/C17H26N2/c1-2-6-13-7-3-4-10-17(13)19-15-8-5-9-16(19)12-14(18)11-15/h3-4,7,10,14-16H,2,5-6,8-9,11-12,18H2,1H3. The molecule has 1 aromatic rings. The number of rotatable bonds is 3. The summed E-state index contributed by atoms with van der Waals surface area (Å²) in [6.45, 7) is 2.27. The number of hydrogen-bond acceptors (Lipinski definition) is 2. The number of anilines is 1. The first-order valence-electron chi connectivity index (χ1n) is 7.91. The Morgan fingerprint density at radius 2 is 1.84 bits per heavy atom. The molecular formula is C17H26N2. The second kappa shape index (κ2) is 5.54. The molecule has 2 saturated heterocycles. The van der Waals surface area contributed by atoms with Crippen LogP contribution in [-0.4, -0.2) is 18.1 Å². The van der Waals surface area contributed by atoms with E-state index in [1.165, 1.54) is 56.2 Å². The van der Waals surface area contributed by atoms with E-state index in [0.29, 0.717) is 18.1 Å². The van der Waals surface area contributed by atoms with Crippen LogP contribution in [0.15, 0.2) is 24.3 Å². The maximum atomic E-state index is 6.24. The molecule has 19 heavy (non-hydrogen) atoms. The number of benzene rings is 1. The molecule has 2 aliphatic rings. The molecule has 0 spiro atoms. The smallest absolute Gasteiger partial charge is 0.0403 e. The third-order valence-corrected chi connectivity index (χ3v) is 4.80. The molecule has 2 bridgehead atoms. The molecule has 2 heteroatoms. The molecule has 2 heterocycles. The number of para-hydroxylation sites is 1. The predicted molar refractivity (Wildman–Crippen MR) is 81.6 cm³/mol. The lowest BCUT2D eigenvalue weighted by atomic mass is 9.81. The van der Waals surface area contributed by atoms with Crippen LogP contribution in [-0.2, 0) is 6.42 Å². The van der Waals surface area contributed by atoms with Gasteiger partial charge in [-0.25, -0.2) is 0 Å². The van der Waals surface area contributed by atoms with Crippen molar-refractivity contribution in [2.45, 2.75) is 70.0 Å². The van der Waals surface area contributed by atoms with E-state index in [2.05, 4.69) is 36.1 Å². The van der Waals surface area contributed by atoms with Crippen LogP contribution in [0.3, 0.4) is 0 Å². The Labute approximate surface area is 117 Å². The second-order valence-corrected chi connectivity index (χ2v) is 6.26. The Balaban J connectivity index is 1.92. The van der Waals surface area contributed by atoms with Gasteiger partial charge in [-0.3, -0.25) is 0 Å². The Morgan fingerprint density at radius 1 is 1.16 bits per heavy atom. The van der Waals surface area contributed by atoms with E-state index in [1.54, 1.807) is 0 Å². The summed E-state index contributed by atoms with van der Waals surface area (Å²) in [5, 5.41) is 0. The average Bonchev–Trinajstić information content (AvgIpc) is 2.39. The van der Waals surface area contributed by atoms with Gasteiger partial charge in [0, 0.05) is 23.8 Å². The number of nitrogens with two attached hydrogens (primary N) is 1. The van der Waals surface area contributed by atoms with Crippen molar-refractivity contribution in [3.05, 3.63) is 29.8 Å². The molecule has 1 aromatic carbocycles. The van der Waals surface area contributed by atoms with E-state index in [9.17, 15) is 0 Å². The van der Waals surface area contributed by atoms with Crippen molar-refractivity contribution in [2.24, 2.45) is 5.73 Å². The molecule has 0 aliphatic carbocycles. The SMILES string of the molecule is CCCc1ccccc1N1C2CCCC1CC(N)C2. The van der Waals surface area contributed by atoms with Gasteiger partial charge in [0.1, 0.15) is 0 Å². The Hall–Kier alpha value is -1.02. The quantitative estimate of drug-likeness (QED) is 0.899. The Morgan fingerprint density at radius 3 is 2.53 bits per heavy atom. The summed E-state index contributed by atoms with van der Waals surface area (Å²) in [4.78, 5) is 2.72. The van der Waals surface area contributed by atoms with Crippen LogP contribution in [0.4, 0.5) is 5.69 Å². The predicted octanol–water partition coefficient (Wildman–Crippen LogP) is 3.49. The van der Waals surface area contributed by atoms with Crippen molar-refractivity contribution in [1.82, 2.24) is 0 Å². The lowest BCUT2D eigenvalue weighted by Crippen LogP contribution is -2.55. The van der Waals surface area contributed by atoms with Crippen LogP contribution in [0.5, 0.6) is 0 Å². The maximum Gasteiger partial charge on any atom is 0.0403 e. The second-order valence-electron chi connectivity index (χ2n) is 6.26. The van der Waals surface area contributed by atoms with Crippen LogP contribution < -0.4 is 10.6 Å². The molecule has 2 nitrogen and oxygen atoms in total. The molecule has 2 unspecified atom stereocenters. The third kappa shape index (κ3) is 2.51. The normalized spacial score (nSPS) is 30.4. The maximum absolute atomic E-state index is 6.24. The highest BCUT2D eigenvalue weighted by Crippen LogP contribution is 2.38. The van der Waals surface area contributed by atoms with Crippen molar-refractivity contribution in [3.8, 4) is 0 Å². The number of aryl methyl sites for hydroxylation is 1. The van der Waals surface area contributed by atoms with Gasteiger partial charge in [-0.2, -0.15) is 0 Å². The van der Waals surface area contributed by atoms with Crippen molar-refractivity contribution < 1.29 is 0 Å². The molecule has 2 atom stereocenters. The number of hydrogen-bond donors (Lipinski definition) is 1. The van der Waals surface area contributed by atoms with Crippen molar-refractivity contribution >= 4 is 5.69 Å². The van der Waals surface area contributed by atoms with Crippen molar-refractivity contribution in [1.29, 1.82) is 0 Å². The summed E-state index contributed by atoms with van der Waals surface area (Å²) < 4.78 is 0. The topological polar surface area (TPSA) is 29.3 Å². The monoisotopic (exact) mass is 258 g/mol. The first-order chi connectivity index (χ1) is 9.29. The number of piperidine rings is 2. The van der Waals surface area contributed by atoms with Crippen LogP contribution >= 0.6 is 0 Å². The van der Waals surface area contributed by atoms with E-state index in [1.807, 2.05) is 0 Å². The van der Waals surface area contributed by atoms with Gasteiger partial charge in [-0.05, 0) is 50.2 Å². The van der Waals surface area contributed by atoms with Crippen LogP contribution in [0.2, 0.25) is 0 Å². The lowest BCUT2D eigenvalue weighted by Gasteiger charge is -2.50. The van der Waals surface area contributed by atoms with Gasteiger partial charge in [0.05, 0.1) is 0 Å². The van der Waals surface area contributed by atoms with Gasteiger partial charge in [0.2, 0.25) is 0 Å². The van der Waals surface area contributed by atoms with Crippen molar-refractivity contribution in [3.63, 3.8) is 0 Å². The van der Waals surface area contributed by atoms with Crippen LogP contribution in [0, 0.1) is 0 Å². The highest BCUT2D eigenvalue weighted by Gasteiger charge is 2.37. The van der Waals surface area contributed by atoms with Gasteiger partial charge in [-0.15, -0.1) is 0 Å².